The molecule has 1 aromatic rings. The van der Waals surface area contributed by atoms with E-state index in [0.717, 1.165) is 24.3 Å². The summed E-state index contributed by atoms with van der Waals surface area (Å²) in [5, 5.41) is 6.67. The van der Waals surface area contributed by atoms with Gasteiger partial charge in [-0.3, -0.25) is 19.5 Å². The number of fused-ring (bicyclic) bond motifs is 1. The Balaban J connectivity index is 0.00000261. The van der Waals surface area contributed by atoms with E-state index >= 15 is 0 Å². The van der Waals surface area contributed by atoms with Crippen molar-refractivity contribution in [2.45, 2.75) is 38.6 Å². The van der Waals surface area contributed by atoms with E-state index in [-0.39, 0.29) is 41.8 Å². The number of ether oxygens (including phenoxy) is 1. The van der Waals surface area contributed by atoms with E-state index in [1.54, 1.807) is 0 Å². The first-order chi connectivity index (χ1) is 12.7. The number of imide groups is 1. The molecule has 1 unspecified atom stereocenters. The van der Waals surface area contributed by atoms with Gasteiger partial charge in [0.1, 0.15) is 5.75 Å². The van der Waals surface area contributed by atoms with Crippen LogP contribution in [-0.2, 0) is 9.59 Å². The van der Waals surface area contributed by atoms with Gasteiger partial charge in [-0.15, -0.1) is 24.0 Å². The van der Waals surface area contributed by atoms with Crippen LogP contribution >= 0.6 is 24.0 Å². The van der Waals surface area contributed by atoms with Crippen molar-refractivity contribution in [3.63, 3.8) is 0 Å². The molecule has 2 aliphatic rings. The van der Waals surface area contributed by atoms with Gasteiger partial charge in [0.05, 0.1) is 19.2 Å². The Labute approximate surface area is 176 Å². The molecule has 1 atom stereocenters. The normalized spacial score (nSPS) is 19.7. The van der Waals surface area contributed by atoms with Gasteiger partial charge in [-0.05, 0) is 19.4 Å². The lowest BCUT2D eigenvalue weighted by atomic mass is 10.0. The maximum Gasteiger partial charge on any atom is 0.229 e. The minimum Gasteiger partial charge on any atom is -0.493 e. The zero-order valence-corrected chi connectivity index (χ0v) is 17.9. The van der Waals surface area contributed by atoms with Crippen LogP contribution < -0.4 is 15.4 Å². The first kappa shape index (κ1) is 21.5. The minimum absolute atomic E-state index is 0. The molecule has 0 spiro atoms. The van der Waals surface area contributed by atoms with Crippen molar-refractivity contribution in [1.29, 1.82) is 0 Å². The molecule has 0 aliphatic carbocycles. The molecule has 0 radical (unpaired) electrons. The molecule has 1 aromatic carbocycles. The van der Waals surface area contributed by atoms with E-state index in [9.17, 15) is 9.59 Å². The SMILES string of the molecule is CCNC(=NCCN1C(=O)CCCC1=O)NC1CCOc2ccccc21.I. The van der Waals surface area contributed by atoms with Gasteiger partial charge in [0, 0.05) is 37.9 Å². The summed E-state index contributed by atoms with van der Waals surface area (Å²) in [5.74, 6) is 1.41. The summed E-state index contributed by atoms with van der Waals surface area (Å²) >= 11 is 0. The Kier molecular flexibility index (Phi) is 8.33. The second-order valence-corrected chi connectivity index (χ2v) is 6.43. The molecule has 148 valence electrons. The third kappa shape index (κ3) is 5.57. The largest absolute Gasteiger partial charge is 0.493 e. The van der Waals surface area contributed by atoms with E-state index in [1.807, 2.05) is 25.1 Å². The predicted octanol–water partition coefficient (Wildman–Crippen LogP) is 2.22. The second-order valence-electron chi connectivity index (χ2n) is 6.43. The van der Waals surface area contributed by atoms with Gasteiger partial charge in [-0.2, -0.15) is 0 Å². The third-order valence-corrected chi connectivity index (χ3v) is 4.59. The van der Waals surface area contributed by atoms with Crippen LogP contribution in [-0.4, -0.2) is 48.9 Å². The van der Waals surface area contributed by atoms with E-state index in [4.69, 9.17) is 4.74 Å². The summed E-state index contributed by atoms with van der Waals surface area (Å²) in [7, 11) is 0. The Hall–Kier alpha value is -1.84. The molecule has 0 aromatic heterocycles. The number of carbonyl (C=O) groups is 2. The fraction of sp³-hybridized carbons (Fsp3) is 0.526. The van der Waals surface area contributed by atoms with Crippen molar-refractivity contribution in [2.75, 3.05) is 26.2 Å². The molecule has 0 bridgehead atoms. The highest BCUT2D eigenvalue weighted by molar-refractivity contribution is 14.0. The highest BCUT2D eigenvalue weighted by atomic mass is 127. The zero-order chi connectivity index (χ0) is 18.4. The Morgan fingerprint density at radius 3 is 2.74 bits per heavy atom. The van der Waals surface area contributed by atoms with Crippen LogP contribution in [0.4, 0.5) is 0 Å². The third-order valence-electron chi connectivity index (χ3n) is 4.59. The lowest BCUT2D eigenvalue weighted by Crippen LogP contribution is -2.43. The number of piperidine rings is 1. The average molecular weight is 486 g/mol. The van der Waals surface area contributed by atoms with Gasteiger partial charge in [-0.25, -0.2) is 0 Å². The molecule has 0 saturated carbocycles. The number of nitrogens with one attached hydrogen (secondary N) is 2. The molecule has 3 rings (SSSR count). The number of carbonyl (C=O) groups excluding carboxylic acids is 2. The van der Waals surface area contributed by atoms with Crippen molar-refractivity contribution in [3.8, 4) is 5.75 Å². The number of para-hydroxylation sites is 1. The summed E-state index contributed by atoms with van der Waals surface area (Å²) in [6.45, 7) is 4.12. The number of likely N-dealkylation sites (tertiary alicyclic amines) is 1. The van der Waals surface area contributed by atoms with Crippen LogP contribution in [0.25, 0.3) is 0 Å². The molecule has 27 heavy (non-hydrogen) atoms. The Morgan fingerprint density at radius 1 is 1.26 bits per heavy atom. The number of amides is 2. The molecular formula is C19H27IN4O3. The maximum absolute atomic E-state index is 11.9. The second kappa shape index (κ2) is 10.5. The van der Waals surface area contributed by atoms with Crippen molar-refractivity contribution in [1.82, 2.24) is 15.5 Å². The molecular weight excluding hydrogens is 459 g/mol. The highest BCUT2D eigenvalue weighted by Gasteiger charge is 2.25. The van der Waals surface area contributed by atoms with Crippen molar-refractivity contribution >= 4 is 41.8 Å². The lowest BCUT2D eigenvalue weighted by molar-refractivity contribution is -0.147. The number of nitrogens with zero attached hydrogens (tertiary/aromatic N) is 2. The number of halogens is 1. The molecule has 2 amide bonds. The highest BCUT2D eigenvalue weighted by Crippen LogP contribution is 2.31. The van der Waals surface area contributed by atoms with Crippen LogP contribution in [0.15, 0.2) is 29.3 Å². The van der Waals surface area contributed by atoms with E-state index < -0.39 is 0 Å². The summed E-state index contributed by atoms with van der Waals surface area (Å²) < 4.78 is 5.70. The number of rotatable bonds is 5. The maximum atomic E-state index is 11.9. The Morgan fingerprint density at radius 2 is 2.00 bits per heavy atom. The van der Waals surface area contributed by atoms with Crippen LogP contribution in [0.1, 0.15) is 44.2 Å². The first-order valence-electron chi connectivity index (χ1n) is 9.29. The van der Waals surface area contributed by atoms with Crippen molar-refractivity contribution in [3.05, 3.63) is 29.8 Å². The predicted molar refractivity (Wildman–Crippen MR) is 114 cm³/mol. The number of aliphatic imine (C=N–C) groups is 1. The molecule has 2 heterocycles. The fourth-order valence-corrected chi connectivity index (χ4v) is 3.29. The molecule has 1 fully saturated rings. The van der Waals surface area contributed by atoms with Gasteiger partial charge in [0.25, 0.3) is 0 Å². The zero-order valence-electron chi connectivity index (χ0n) is 15.6. The molecule has 2 aliphatic heterocycles. The van der Waals surface area contributed by atoms with Gasteiger partial charge >= 0.3 is 0 Å². The first-order valence-corrected chi connectivity index (χ1v) is 9.29. The number of hydrogen-bond donors (Lipinski definition) is 2. The van der Waals surface area contributed by atoms with Crippen LogP contribution in [0.2, 0.25) is 0 Å². The molecule has 2 N–H and O–H groups in total. The summed E-state index contributed by atoms with van der Waals surface area (Å²) in [6, 6.07) is 8.12. The topological polar surface area (TPSA) is 83.0 Å². The van der Waals surface area contributed by atoms with Crippen LogP contribution in [0.5, 0.6) is 5.75 Å². The van der Waals surface area contributed by atoms with E-state index in [2.05, 4.69) is 21.7 Å². The smallest absolute Gasteiger partial charge is 0.229 e. The minimum atomic E-state index is -0.0900. The van der Waals surface area contributed by atoms with Crippen molar-refractivity contribution in [2.24, 2.45) is 4.99 Å². The van der Waals surface area contributed by atoms with Gasteiger partial charge < -0.3 is 15.4 Å². The van der Waals surface area contributed by atoms with Crippen LogP contribution in [0, 0.1) is 0 Å². The number of benzene rings is 1. The molecule has 8 heteroatoms. The molecule has 7 nitrogen and oxygen atoms in total. The van der Waals surface area contributed by atoms with Gasteiger partial charge in [0.15, 0.2) is 5.96 Å². The Bertz CT molecular complexity index is 679. The van der Waals surface area contributed by atoms with Gasteiger partial charge in [0.2, 0.25) is 11.8 Å². The average Bonchev–Trinajstić information content (AvgIpc) is 2.64. The fourth-order valence-electron chi connectivity index (χ4n) is 3.29. The lowest BCUT2D eigenvalue weighted by Gasteiger charge is -2.28. The number of guanidine groups is 1. The summed E-state index contributed by atoms with van der Waals surface area (Å²) in [4.78, 5) is 29.6. The number of hydrogen-bond acceptors (Lipinski definition) is 4. The van der Waals surface area contributed by atoms with E-state index in [1.165, 1.54) is 4.90 Å². The van der Waals surface area contributed by atoms with Crippen LogP contribution in [0.3, 0.4) is 0 Å². The summed E-state index contributed by atoms with van der Waals surface area (Å²) in [6.07, 6.45) is 2.41. The standard InChI is InChI=1S/C19H26N4O3.HI/c1-2-20-19(21-11-12-23-17(24)8-5-9-18(23)25)22-15-10-13-26-16-7-4-3-6-14(15)16;/h3-4,6-7,15H,2,5,8-13H2,1H3,(H2,20,21,22);1H. The summed E-state index contributed by atoms with van der Waals surface area (Å²) in [5.41, 5.74) is 1.12. The van der Waals surface area contributed by atoms with Crippen molar-refractivity contribution < 1.29 is 14.3 Å². The monoisotopic (exact) mass is 486 g/mol. The van der Waals surface area contributed by atoms with E-state index in [0.29, 0.717) is 44.9 Å². The quantitative estimate of drug-likeness (QED) is 0.289. The van der Waals surface area contributed by atoms with Gasteiger partial charge in [-0.1, -0.05) is 18.2 Å². The molecule has 1 saturated heterocycles.